The zero-order valence-electron chi connectivity index (χ0n) is 21.5. The lowest BCUT2D eigenvalue weighted by atomic mass is 9.95. The van der Waals surface area contributed by atoms with Gasteiger partial charge in [-0.25, -0.2) is 9.37 Å². The molecule has 0 bridgehead atoms. The van der Waals surface area contributed by atoms with Crippen LogP contribution in [-0.4, -0.2) is 9.97 Å². The molecule has 3 nitrogen and oxygen atoms in total. The second-order valence-electron chi connectivity index (χ2n) is 10.0. The number of imidazole rings is 1. The van der Waals surface area contributed by atoms with E-state index in [9.17, 15) is 0 Å². The predicted molar refractivity (Wildman–Crippen MR) is 151 cm³/mol. The molecular formula is C32H32FN3. The Hall–Kier alpha value is -3.92. The highest BCUT2D eigenvalue weighted by atomic mass is 19.1. The summed E-state index contributed by atoms with van der Waals surface area (Å²) < 4.78 is 15.4. The minimum absolute atomic E-state index is 0.257. The average molecular weight is 478 g/mol. The first-order chi connectivity index (χ1) is 17.3. The van der Waals surface area contributed by atoms with E-state index in [4.69, 9.17) is 4.98 Å². The van der Waals surface area contributed by atoms with Gasteiger partial charge in [0, 0.05) is 33.6 Å². The van der Waals surface area contributed by atoms with E-state index >= 15 is 4.39 Å². The molecule has 0 atom stereocenters. The van der Waals surface area contributed by atoms with E-state index in [0.717, 1.165) is 60.9 Å². The van der Waals surface area contributed by atoms with E-state index in [1.54, 1.807) is 6.07 Å². The number of benzene rings is 4. The summed E-state index contributed by atoms with van der Waals surface area (Å²) in [6.07, 6.45) is 1.88. The maximum atomic E-state index is 15.4. The first kappa shape index (κ1) is 23.8. The fourth-order valence-electron chi connectivity index (χ4n) is 4.67. The van der Waals surface area contributed by atoms with Crippen LogP contribution in [-0.2, 0) is 0 Å². The van der Waals surface area contributed by atoms with Crippen LogP contribution in [0.1, 0.15) is 51.9 Å². The summed E-state index contributed by atoms with van der Waals surface area (Å²) in [7, 11) is 0. The van der Waals surface area contributed by atoms with Gasteiger partial charge in [0.05, 0.1) is 11.0 Å². The number of aromatic amines is 1. The number of hydrogen-bond acceptors (Lipinski definition) is 2. The average Bonchev–Trinajstić information content (AvgIpc) is 3.33. The second kappa shape index (κ2) is 9.27. The van der Waals surface area contributed by atoms with Crippen molar-refractivity contribution in [3.8, 4) is 11.1 Å². The predicted octanol–water partition coefficient (Wildman–Crippen LogP) is 8.92. The number of rotatable bonds is 6. The van der Waals surface area contributed by atoms with Gasteiger partial charge in [-0.15, -0.1) is 0 Å². The van der Waals surface area contributed by atoms with Crippen LogP contribution in [0.25, 0.3) is 49.4 Å². The Morgan fingerprint density at radius 3 is 2.28 bits per heavy atom. The second-order valence-corrected chi connectivity index (χ2v) is 10.0. The highest BCUT2D eigenvalue weighted by Gasteiger charge is 2.16. The van der Waals surface area contributed by atoms with Crippen molar-refractivity contribution in [2.75, 3.05) is 0 Å². The lowest BCUT2D eigenvalue weighted by Gasteiger charge is -2.17. The molecule has 4 aromatic carbocycles. The number of nitrogens with one attached hydrogen (secondary N) is 2. The number of halogens is 1. The highest BCUT2D eigenvalue weighted by Crippen LogP contribution is 2.37. The quantitative estimate of drug-likeness (QED) is 0.240. The fraction of sp³-hybridized carbons (Fsp3) is 0.219. The van der Waals surface area contributed by atoms with Crippen molar-refractivity contribution >= 4 is 38.3 Å². The highest BCUT2D eigenvalue weighted by molar-refractivity contribution is 6.23. The Morgan fingerprint density at radius 1 is 0.917 bits per heavy atom. The normalized spacial score (nSPS) is 12.4. The van der Waals surface area contributed by atoms with Crippen LogP contribution in [0.5, 0.6) is 0 Å². The molecule has 1 aromatic heterocycles. The molecule has 2 N–H and O–H groups in total. The Bertz CT molecular complexity index is 1650. The van der Waals surface area contributed by atoms with Gasteiger partial charge >= 0.3 is 0 Å². The van der Waals surface area contributed by atoms with Gasteiger partial charge in [-0.3, -0.25) is 0 Å². The smallest absolute Gasteiger partial charge is 0.133 e. The van der Waals surface area contributed by atoms with Gasteiger partial charge in [0.2, 0.25) is 0 Å². The van der Waals surface area contributed by atoms with E-state index in [1.807, 2.05) is 25.1 Å². The molecule has 0 aliphatic carbocycles. The van der Waals surface area contributed by atoms with Crippen molar-refractivity contribution in [3.05, 3.63) is 96.2 Å². The zero-order chi connectivity index (χ0) is 25.6. The molecule has 0 aliphatic rings. The Kier molecular flexibility index (Phi) is 6.13. The van der Waals surface area contributed by atoms with Gasteiger partial charge in [0.1, 0.15) is 11.6 Å². The van der Waals surface area contributed by atoms with Crippen LogP contribution < -0.4 is 5.32 Å². The molecule has 5 rings (SSSR count). The number of hydrogen-bond donors (Lipinski definition) is 2. The number of nitrogens with zero attached hydrogens (tertiary/aromatic N) is 1. The van der Waals surface area contributed by atoms with Crippen LogP contribution in [0, 0.1) is 11.7 Å². The lowest BCUT2D eigenvalue weighted by molar-refractivity contribution is 0.622. The molecule has 1 heterocycles. The minimum atomic E-state index is -0.264. The van der Waals surface area contributed by atoms with Crippen molar-refractivity contribution in [2.24, 2.45) is 5.92 Å². The number of H-pyrrole nitrogens is 1. The monoisotopic (exact) mass is 477 g/mol. The van der Waals surface area contributed by atoms with Crippen LogP contribution in [0.3, 0.4) is 0 Å². The third-order valence-electron chi connectivity index (χ3n) is 6.90. The largest absolute Gasteiger partial charge is 0.359 e. The molecule has 0 spiro atoms. The first-order valence-electron chi connectivity index (χ1n) is 12.5. The molecular weight excluding hydrogens is 445 g/mol. The van der Waals surface area contributed by atoms with Crippen LogP contribution in [0.2, 0.25) is 0 Å². The Balaban J connectivity index is 1.63. The standard InChI is InChI=1S/C32H32FN3/c1-7-29(34-20(6)18(2)3)26-15-13-22(17-28(26)33)21-12-14-25-27(16-21)23-10-8-9-11-24(23)30-31(25)36-32(35-30)19(4)5/h7-19,34H,6H2,1-5H3,(H,35,36)/b29-7-. The van der Waals surface area contributed by atoms with E-state index in [-0.39, 0.29) is 11.7 Å². The molecule has 0 aliphatic heterocycles. The molecule has 36 heavy (non-hydrogen) atoms. The van der Waals surface area contributed by atoms with Crippen LogP contribution in [0.4, 0.5) is 4.39 Å². The fourth-order valence-corrected chi connectivity index (χ4v) is 4.67. The number of fused-ring (bicyclic) bond motifs is 6. The molecule has 0 saturated heterocycles. The van der Waals surface area contributed by atoms with Crippen molar-refractivity contribution < 1.29 is 4.39 Å². The van der Waals surface area contributed by atoms with Crippen molar-refractivity contribution in [1.82, 2.24) is 15.3 Å². The van der Waals surface area contributed by atoms with Gasteiger partial charge in [-0.2, -0.15) is 0 Å². The van der Waals surface area contributed by atoms with Crippen molar-refractivity contribution in [2.45, 2.75) is 40.5 Å². The third kappa shape index (κ3) is 4.07. The number of allylic oxidation sites excluding steroid dienone is 2. The maximum absolute atomic E-state index is 15.4. The summed E-state index contributed by atoms with van der Waals surface area (Å²) in [5, 5.41) is 7.79. The van der Waals surface area contributed by atoms with Crippen molar-refractivity contribution in [1.29, 1.82) is 0 Å². The van der Waals surface area contributed by atoms with Gasteiger partial charge in [-0.05, 0) is 52.9 Å². The summed E-state index contributed by atoms with van der Waals surface area (Å²) in [6.45, 7) is 14.4. The molecule has 182 valence electrons. The van der Waals surface area contributed by atoms with Crippen molar-refractivity contribution in [3.63, 3.8) is 0 Å². The molecule has 0 amide bonds. The van der Waals surface area contributed by atoms with Gasteiger partial charge in [-0.1, -0.05) is 82.8 Å². The van der Waals surface area contributed by atoms with E-state index in [0.29, 0.717) is 11.5 Å². The SMILES string of the molecule is C=C(N/C(=C\C)c1ccc(-c2ccc3c(c2)c2ccccc2c2nc(C(C)C)[nH]c32)cc1F)C(C)C. The van der Waals surface area contributed by atoms with Gasteiger partial charge < -0.3 is 10.3 Å². The maximum Gasteiger partial charge on any atom is 0.133 e. The zero-order valence-corrected chi connectivity index (χ0v) is 21.5. The Morgan fingerprint density at radius 2 is 1.61 bits per heavy atom. The van der Waals surface area contributed by atoms with E-state index < -0.39 is 0 Å². The topological polar surface area (TPSA) is 40.7 Å². The molecule has 0 fully saturated rings. The van der Waals surface area contributed by atoms with Gasteiger partial charge in [0.25, 0.3) is 0 Å². The van der Waals surface area contributed by atoms with Crippen LogP contribution in [0.15, 0.2) is 79.0 Å². The molecule has 0 radical (unpaired) electrons. The summed E-state index contributed by atoms with van der Waals surface area (Å²) in [6, 6.07) is 20.2. The molecule has 0 unspecified atom stereocenters. The van der Waals surface area contributed by atoms with Crippen LogP contribution >= 0.6 is 0 Å². The third-order valence-corrected chi connectivity index (χ3v) is 6.90. The summed E-state index contributed by atoms with van der Waals surface area (Å²) >= 11 is 0. The molecule has 5 aromatic rings. The number of aromatic nitrogens is 2. The van der Waals surface area contributed by atoms with Gasteiger partial charge in [0.15, 0.2) is 0 Å². The minimum Gasteiger partial charge on any atom is -0.359 e. The summed E-state index contributed by atoms with van der Waals surface area (Å²) in [5.41, 5.74) is 5.99. The van der Waals surface area contributed by atoms with E-state index in [1.165, 1.54) is 0 Å². The molecule has 4 heteroatoms. The molecule has 0 saturated carbocycles. The lowest BCUT2D eigenvalue weighted by Crippen LogP contribution is -2.15. The Labute approximate surface area is 211 Å². The summed E-state index contributed by atoms with van der Waals surface area (Å²) in [4.78, 5) is 8.48. The summed E-state index contributed by atoms with van der Waals surface area (Å²) in [5.74, 6) is 1.28. The first-order valence-corrected chi connectivity index (χ1v) is 12.5. The van der Waals surface area contributed by atoms with E-state index in [2.05, 4.69) is 87.0 Å².